The van der Waals surface area contributed by atoms with Gasteiger partial charge in [0, 0.05) is 6.20 Å². The van der Waals surface area contributed by atoms with Gasteiger partial charge in [-0.3, -0.25) is 9.69 Å². The molecular formula is C16H15F4N3O. The van der Waals surface area contributed by atoms with E-state index in [-0.39, 0.29) is 11.6 Å². The van der Waals surface area contributed by atoms with Gasteiger partial charge in [-0.1, -0.05) is 0 Å². The Bertz CT molecular complexity index is 743. The minimum atomic E-state index is -1.75. The van der Waals surface area contributed by atoms with Crippen molar-refractivity contribution in [1.82, 2.24) is 4.90 Å². The number of aryl methyl sites for hydroxylation is 2. The van der Waals surface area contributed by atoms with E-state index in [9.17, 15) is 22.4 Å². The monoisotopic (exact) mass is 341 g/mol. The smallest absolute Gasteiger partial charge is 0.262 e. The van der Waals surface area contributed by atoms with Gasteiger partial charge in [-0.25, -0.2) is 23.1 Å². The van der Waals surface area contributed by atoms with Crippen LogP contribution in [0.5, 0.6) is 0 Å². The van der Waals surface area contributed by atoms with Gasteiger partial charge >= 0.3 is 0 Å². The highest BCUT2D eigenvalue weighted by atomic mass is 19.3. The number of nitrogens with zero attached hydrogens (tertiary/aromatic N) is 3. The summed E-state index contributed by atoms with van der Waals surface area (Å²) in [6.45, 7) is 2.17. The second kappa shape index (κ2) is 7.29. The van der Waals surface area contributed by atoms with Crippen LogP contribution in [0.1, 0.15) is 11.1 Å². The van der Waals surface area contributed by atoms with E-state index in [1.165, 1.54) is 12.3 Å². The second-order valence-electron chi connectivity index (χ2n) is 5.03. The van der Waals surface area contributed by atoms with Crippen LogP contribution in [0.4, 0.5) is 23.2 Å². The van der Waals surface area contributed by atoms with Crippen molar-refractivity contribution in [3.63, 3.8) is 0 Å². The third-order valence-corrected chi connectivity index (χ3v) is 3.51. The third kappa shape index (κ3) is 3.32. The van der Waals surface area contributed by atoms with Gasteiger partial charge in [0.05, 0.1) is 18.3 Å². The van der Waals surface area contributed by atoms with E-state index in [1.807, 2.05) is 6.92 Å². The van der Waals surface area contributed by atoms with Crippen molar-refractivity contribution >= 4 is 17.6 Å². The molecule has 0 aromatic heterocycles. The predicted octanol–water partition coefficient (Wildman–Crippen LogP) is 3.67. The summed E-state index contributed by atoms with van der Waals surface area (Å²) in [7, 11) is 0. The number of amides is 1. The number of guanidine groups is 1. The molecule has 3 rings (SSSR count). The molecule has 8 heteroatoms. The summed E-state index contributed by atoms with van der Waals surface area (Å²) in [4.78, 5) is 18.5. The van der Waals surface area contributed by atoms with Gasteiger partial charge in [0.1, 0.15) is 5.82 Å². The van der Waals surface area contributed by atoms with Crippen molar-refractivity contribution in [3.8, 4) is 0 Å². The van der Waals surface area contributed by atoms with Crippen LogP contribution in [0.15, 0.2) is 41.4 Å². The predicted molar refractivity (Wildman–Crippen MR) is 82.9 cm³/mol. The molecule has 2 aliphatic heterocycles. The molecule has 2 aliphatic rings. The second-order valence-corrected chi connectivity index (χ2v) is 5.03. The van der Waals surface area contributed by atoms with Gasteiger partial charge in [0.25, 0.3) is 5.91 Å². The molecule has 128 valence electrons. The SMILES string of the molecule is Cc1cc(F)c(N2C(=O)C=C(F)N3C=CCN=C32)cc1C.FCF. The van der Waals surface area contributed by atoms with Crippen molar-refractivity contribution in [2.45, 2.75) is 13.8 Å². The maximum absolute atomic E-state index is 14.2. The molecule has 1 aromatic carbocycles. The fraction of sp³-hybridized carbons (Fsp3) is 0.250. The zero-order valence-corrected chi connectivity index (χ0v) is 13.1. The molecule has 24 heavy (non-hydrogen) atoms. The van der Waals surface area contributed by atoms with Crippen molar-refractivity contribution in [2.75, 3.05) is 18.4 Å². The van der Waals surface area contributed by atoms with Crippen LogP contribution in [-0.2, 0) is 4.79 Å². The average Bonchev–Trinajstić information content (AvgIpc) is 2.53. The maximum Gasteiger partial charge on any atom is 0.262 e. The van der Waals surface area contributed by atoms with E-state index in [0.717, 1.165) is 27.0 Å². The summed E-state index contributed by atoms with van der Waals surface area (Å²) in [5.74, 6) is -1.85. The zero-order chi connectivity index (χ0) is 17.9. The number of carbonyl (C=O) groups excluding carboxylic acids is 1. The van der Waals surface area contributed by atoms with Crippen molar-refractivity contribution in [3.05, 3.63) is 53.4 Å². The lowest BCUT2D eigenvalue weighted by atomic mass is 10.1. The molecule has 0 unspecified atom stereocenters. The summed E-state index contributed by atoms with van der Waals surface area (Å²) in [6.07, 6.45) is 3.96. The largest absolute Gasteiger partial charge is 0.269 e. The first kappa shape index (κ1) is 17.7. The van der Waals surface area contributed by atoms with Gasteiger partial charge in [-0.05, 0) is 43.2 Å². The molecule has 1 aromatic rings. The Labute approximate surface area is 136 Å². The third-order valence-electron chi connectivity index (χ3n) is 3.51. The number of hydrogen-bond acceptors (Lipinski definition) is 3. The molecule has 2 heterocycles. The molecule has 1 amide bonds. The molecule has 0 saturated heterocycles. The number of alkyl halides is 2. The van der Waals surface area contributed by atoms with Gasteiger partial charge in [-0.2, -0.15) is 4.39 Å². The first-order chi connectivity index (χ1) is 11.4. The highest BCUT2D eigenvalue weighted by molar-refractivity contribution is 6.22. The Morgan fingerprint density at radius 1 is 1.17 bits per heavy atom. The standard InChI is InChI=1S/C15H13F2N3O.CH2F2/c1-9-6-11(16)12(7-10(9)2)20-14(21)8-13(17)19-5-3-4-18-15(19)20;2-1-3/h3,5-8H,4H2,1-2H3;1H2. The minimum absolute atomic E-state index is 0.0738. The van der Waals surface area contributed by atoms with E-state index in [1.54, 1.807) is 19.1 Å². The van der Waals surface area contributed by atoms with Crippen LogP contribution in [-0.4, -0.2) is 30.2 Å². The summed E-state index contributed by atoms with van der Waals surface area (Å²) in [6, 6.07) is 2.93. The molecule has 0 saturated carbocycles. The number of fused-ring (bicyclic) bond motifs is 1. The van der Waals surface area contributed by atoms with Gasteiger partial charge in [0.2, 0.25) is 18.8 Å². The summed E-state index contributed by atoms with van der Waals surface area (Å²) >= 11 is 0. The topological polar surface area (TPSA) is 35.9 Å². The lowest BCUT2D eigenvalue weighted by Gasteiger charge is -2.34. The number of aliphatic imine (C=N–C) groups is 1. The Morgan fingerprint density at radius 2 is 1.79 bits per heavy atom. The molecule has 0 aliphatic carbocycles. The lowest BCUT2D eigenvalue weighted by molar-refractivity contribution is -0.113. The summed E-state index contributed by atoms with van der Waals surface area (Å²) < 4.78 is 47.3. The quantitative estimate of drug-likeness (QED) is 0.577. The number of rotatable bonds is 1. The van der Waals surface area contributed by atoms with Crippen molar-refractivity contribution in [2.24, 2.45) is 4.99 Å². The van der Waals surface area contributed by atoms with Crippen molar-refractivity contribution < 1.29 is 22.4 Å². The highest BCUT2D eigenvalue weighted by Gasteiger charge is 2.34. The van der Waals surface area contributed by atoms with Crippen LogP contribution in [0.25, 0.3) is 0 Å². The number of anilines is 1. The van der Waals surface area contributed by atoms with E-state index >= 15 is 0 Å². The summed E-state index contributed by atoms with van der Waals surface area (Å²) in [5, 5.41) is 0. The minimum Gasteiger partial charge on any atom is -0.269 e. The first-order valence-electron chi connectivity index (χ1n) is 7.01. The molecule has 0 atom stereocenters. The van der Waals surface area contributed by atoms with Gasteiger partial charge in [-0.15, -0.1) is 0 Å². The average molecular weight is 341 g/mol. The molecule has 0 spiro atoms. The number of halogens is 4. The van der Waals surface area contributed by atoms with Crippen LogP contribution in [0.3, 0.4) is 0 Å². The Hall–Kier alpha value is -2.64. The van der Waals surface area contributed by atoms with E-state index in [2.05, 4.69) is 4.99 Å². The molecule has 4 nitrogen and oxygen atoms in total. The van der Waals surface area contributed by atoms with Crippen molar-refractivity contribution in [1.29, 1.82) is 0 Å². The molecular weight excluding hydrogens is 326 g/mol. The molecule has 0 radical (unpaired) electrons. The Morgan fingerprint density at radius 3 is 2.46 bits per heavy atom. The molecule has 0 bridgehead atoms. The van der Waals surface area contributed by atoms with E-state index in [0.29, 0.717) is 6.54 Å². The zero-order valence-electron chi connectivity index (χ0n) is 13.1. The number of benzene rings is 1. The van der Waals surface area contributed by atoms with E-state index < -0.39 is 24.6 Å². The maximum atomic E-state index is 14.2. The molecule has 0 fully saturated rings. The van der Waals surface area contributed by atoms with Gasteiger partial charge < -0.3 is 0 Å². The van der Waals surface area contributed by atoms with E-state index in [4.69, 9.17) is 0 Å². The number of hydrogen-bond donors (Lipinski definition) is 0. The van der Waals surface area contributed by atoms with Crippen LogP contribution in [0.2, 0.25) is 0 Å². The molecule has 0 N–H and O–H groups in total. The van der Waals surface area contributed by atoms with Crippen LogP contribution < -0.4 is 4.90 Å². The number of carbonyl (C=O) groups is 1. The lowest BCUT2D eigenvalue weighted by Crippen LogP contribution is -2.49. The Kier molecular flexibility index (Phi) is 5.38. The normalized spacial score (nSPS) is 16.2. The Balaban J connectivity index is 0.000000647. The summed E-state index contributed by atoms with van der Waals surface area (Å²) in [5.41, 5.74) is 1.70. The fourth-order valence-corrected chi connectivity index (χ4v) is 2.27. The highest BCUT2D eigenvalue weighted by Crippen LogP contribution is 2.29. The fourth-order valence-electron chi connectivity index (χ4n) is 2.27. The van der Waals surface area contributed by atoms with Crippen LogP contribution >= 0.6 is 0 Å². The van der Waals surface area contributed by atoms with Gasteiger partial charge in [0.15, 0.2) is 0 Å². The first-order valence-corrected chi connectivity index (χ1v) is 7.01. The van der Waals surface area contributed by atoms with Crippen LogP contribution in [0, 0.1) is 19.7 Å².